The van der Waals surface area contributed by atoms with Gasteiger partial charge in [-0.25, -0.2) is 0 Å². The van der Waals surface area contributed by atoms with Gasteiger partial charge in [-0.3, -0.25) is 9.80 Å². The zero-order valence-electron chi connectivity index (χ0n) is 12.6. The van der Waals surface area contributed by atoms with Crippen LogP contribution in [0.25, 0.3) is 0 Å². The van der Waals surface area contributed by atoms with Gasteiger partial charge in [0.25, 0.3) is 0 Å². The SMILES string of the molecule is CC(C)(C)N1CCN(Cc2ccc(C#CCO)s2)CC1. The minimum Gasteiger partial charge on any atom is -0.384 e. The largest absolute Gasteiger partial charge is 0.384 e. The summed E-state index contributed by atoms with van der Waals surface area (Å²) in [5.74, 6) is 5.67. The molecule has 1 aromatic rings. The lowest BCUT2D eigenvalue weighted by Crippen LogP contribution is -2.53. The third-order valence-corrected chi connectivity index (χ3v) is 4.64. The highest BCUT2D eigenvalue weighted by Gasteiger charge is 2.25. The van der Waals surface area contributed by atoms with E-state index in [0.29, 0.717) is 0 Å². The summed E-state index contributed by atoms with van der Waals surface area (Å²) in [4.78, 5) is 7.46. The van der Waals surface area contributed by atoms with Gasteiger partial charge in [-0.15, -0.1) is 11.3 Å². The van der Waals surface area contributed by atoms with E-state index in [9.17, 15) is 0 Å². The predicted molar refractivity (Wildman–Crippen MR) is 84.9 cm³/mol. The van der Waals surface area contributed by atoms with E-state index in [4.69, 9.17) is 5.11 Å². The van der Waals surface area contributed by atoms with Crippen molar-refractivity contribution in [3.63, 3.8) is 0 Å². The molecule has 0 aromatic carbocycles. The van der Waals surface area contributed by atoms with Gasteiger partial charge in [0.15, 0.2) is 0 Å². The number of aliphatic hydroxyl groups is 1. The fourth-order valence-electron chi connectivity index (χ4n) is 2.45. The lowest BCUT2D eigenvalue weighted by Gasteiger charge is -2.42. The average Bonchev–Trinajstić information content (AvgIpc) is 2.83. The van der Waals surface area contributed by atoms with Gasteiger partial charge in [0, 0.05) is 43.1 Å². The van der Waals surface area contributed by atoms with Gasteiger partial charge in [-0.05, 0) is 32.9 Å². The van der Waals surface area contributed by atoms with E-state index >= 15 is 0 Å². The van der Waals surface area contributed by atoms with E-state index in [1.54, 1.807) is 11.3 Å². The highest BCUT2D eigenvalue weighted by Crippen LogP contribution is 2.20. The topological polar surface area (TPSA) is 26.7 Å². The van der Waals surface area contributed by atoms with Gasteiger partial charge in [0.2, 0.25) is 0 Å². The molecule has 110 valence electrons. The minimum absolute atomic E-state index is 0.0675. The van der Waals surface area contributed by atoms with Crippen LogP contribution in [0.15, 0.2) is 12.1 Å². The third-order valence-electron chi connectivity index (χ3n) is 3.65. The average molecular weight is 292 g/mol. The summed E-state index contributed by atoms with van der Waals surface area (Å²) in [6.07, 6.45) is 0. The highest BCUT2D eigenvalue weighted by atomic mass is 32.1. The second-order valence-corrected chi connectivity index (χ2v) is 7.33. The zero-order chi connectivity index (χ0) is 14.6. The molecule has 0 radical (unpaired) electrons. The molecule has 1 aliphatic rings. The Morgan fingerprint density at radius 2 is 1.90 bits per heavy atom. The summed E-state index contributed by atoms with van der Waals surface area (Å²) in [7, 11) is 0. The van der Waals surface area contributed by atoms with Crippen molar-refractivity contribution in [2.45, 2.75) is 32.9 Å². The number of thiophene rings is 1. The second kappa shape index (κ2) is 6.73. The number of hydrogen-bond acceptors (Lipinski definition) is 4. The number of nitrogens with zero attached hydrogens (tertiary/aromatic N) is 2. The molecule has 1 N–H and O–H groups in total. The number of rotatable bonds is 2. The smallest absolute Gasteiger partial charge is 0.104 e. The van der Waals surface area contributed by atoms with Crippen molar-refractivity contribution >= 4 is 11.3 Å². The van der Waals surface area contributed by atoms with E-state index in [2.05, 4.69) is 48.5 Å². The van der Waals surface area contributed by atoms with Crippen molar-refractivity contribution < 1.29 is 5.11 Å². The van der Waals surface area contributed by atoms with Gasteiger partial charge in [-0.2, -0.15) is 0 Å². The Bertz CT molecular complexity index is 485. The molecule has 4 heteroatoms. The molecule has 3 nitrogen and oxygen atoms in total. The Labute approximate surface area is 126 Å². The van der Waals surface area contributed by atoms with Crippen LogP contribution in [0.5, 0.6) is 0 Å². The Morgan fingerprint density at radius 3 is 2.50 bits per heavy atom. The highest BCUT2D eigenvalue weighted by molar-refractivity contribution is 7.12. The number of hydrogen-bond donors (Lipinski definition) is 1. The summed E-state index contributed by atoms with van der Waals surface area (Å²) >= 11 is 1.73. The summed E-state index contributed by atoms with van der Waals surface area (Å²) in [5.41, 5.74) is 0.280. The second-order valence-electron chi connectivity index (χ2n) is 6.16. The van der Waals surface area contributed by atoms with Gasteiger partial charge in [0.05, 0.1) is 4.88 Å². The van der Waals surface area contributed by atoms with Crippen LogP contribution in [0.1, 0.15) is 30.5 Å². The molecule has 1 fully saturated rings. The first-order chi connectivity index (χ1) is 9.49. The molecule has 2 rings (SSSR count). The van der Waals surface area contributed by atoms with Crippen LogP contribution >= 0.6 is 11.3 Å². The summed E-state index contributed by atoms with van der Waals surface area (Å²) < 4.78 is 0. The molecule has 20 heavy (non-hydrogen) atoms. The first-order valence-electron chi connectivity index (χ1n) is 7.15. The Hall–Kier alpha value is -0.860. The molecular weight excluding hydrogens is 268 g/mol. The lowest BCUT2D eigenvalue weighted by atomic mass is 10.1. The summed E-state index contributed by atoms with van der Waals surface area (Å²) in [6.45, 7) is 12.4. The molecule has 2 heterocycles. The maximum Gasteiger partial charge on any atom is 0.104 e. The minimum atomic E-state index is -0.0675. The van der Waals surface area contributed by atoms with Gasteiger partial charge in [0.1, 0.15) is 6.61 Å². The monoisotopic (exact) mass is 292 g/mol. The van der Waals surface area contributed by atoms with E-state index in [0.717, 1.165) is 37.6 Å². The van der Waals surface area contributed by atoms with Crippen LogP contribution in [0.2, 0.25) is 0 Å². The Morgan fingerprint density at radius 1 is 1.20 bits per heavy atom. The van der Waals surface area contributed by atoms with Crippen molar-refractivity contribution in [1.82, 2.24) is 9.80 Å². The van der Waals surface area contributed by atoms with Crippen LogP contribution in [-0.4, -0.2) is 53.2 Å². The van der Waals surface area contributed by atoms with Gasteiger partial charge in [-0.1, -0.05) is 11.8 Å². The zero-order valence-corrected chi connectivity index (χ0v) is 13.5. The molecule has 0 amide bonds. The Kier molecular flexibility index (Phi) is 5.22. The third kappa shape index (κ3) is 4.32. The molecule has 1 saturated heterocycles. The van der Waals surface area contributed by atoms with E-state index in [1.165, 1.54) is 4.88 Å². The molecule has 0 bridgehead atoms. The fourth-order valence-corrected chi connectivity index (χ4v) is 3.38. The molecule has 1 aromatic heterocycles. The first kappa shape index (κ1) is 15.5. The molecule has 0 unspecified atom stereocenters. The molecule has 0 atom stereocenters. The maximum absolute atomic E-state index is 8.70. The standard InChI is InChI=1S/C16H24N2OS/c1-16(2,3)18-10-8-17(9-11-18)13-15-7-6-14(20-15)5-4-12-19/h6-7,19H,8-13H2,1-3H3. The normalized spacial score (nSPS) is 17.8. The molecule has 0 aliphatic carbocycles. The van der Waals surface area contributed by atoms with Crippen LogP contribution < -0.4 is 0 Å². The van der Waals surface area contributed by atoms with E-state index < -0.39 is 0 Å². The number of piperazine rings is 1. The van der Waals surface area contributed by atoms with Gasteiger partial charge < -0.3 is 5.11 Å². The predicted octanol–water partition coefficient (Wildman–Crippen LogP) is 2.01. The first-order valence-corrected chi connectivity index (χ1v) is 7.96. The summed E-state index contributed by atoms with van der Waals surface area (Å²) in [6, 6.07) is 4.20. The number of aliphatic hydroxyl groups excluding tert-OH is 1. The van der Waals surface area contributed by atoms with Crippen LogP contribution in [-0.2, 0) is 6.54 Å². The summed E-state index contributed by atoms with van der Waals surface area (Å²) in [5, 5.41) is 8.70. The Balaban J connectivity index is 1.85. The molecular formula is C16H24N2OS. The van der Waals surface area contributed by atoms with Crippen LogP contribution in [0.4, 0.5) is 0 Å². The lowest BCUT2D eigenvalue weighted by molar-refractivity contribution is 0.0595. The van der Waals surface area contributed by atoms with Crippen molar-refractivity contribution in [1.29, 1.82) is 0 Å². The van der Waals surface area contributed by atoms with E-state index in [1.807, 2.05) is 6.07 Å². The van der Waals surface area contributed by atoms with Crippen molar-refractivity contribution in [3.05, 3.63) is 21.9 Å². The van der Waals surface area contributed by atoms with Crippen LogP contribution in [0.3, 0.4) is 0 Å². The van der Waals surface area contributed by atoms with Crippen LogP contribution in [0, 0.1) is 11.8 Å². The van der Waals surface area contributed by atoms with Crippen molar-refractivity contribution in [3.8, 4) is 11.8 Å². The quantitative estimate of drug-likeness (QED) is 0.845. The fraction of sp³-hybridized carbons (Fsp3) is 0.625. The van der Waals surface area contributed by atoms with Crippen molar-refractivity contribution in [2.75, 3.05) is 32.8 Å². The molecule has 0 saturated carbocycles. The van der Waals surface area contributed by atoms with Gasteiger partial charge >= 0.3 is 0 Å². The molecule has 0 spiro atoms. The molecule has 1 aliphatic heterocycles. The van der Waals surface area contributed by atoms with E-state index in [-0.39, 0.29) is 12.1 Å². The van der Waals surface area contributed by atoms with Crippen molar-refractivity contribution in [2.24, 2.45) is 0 Å². The maximum atomic E-state index is 8.70.